The van der Waals surface area contributed by atoms with Crippen molar-refractivity contribution in [3.05, 3.63) is 0 Å². The summed E-state index contributed by atoms with van der Waals surface area (Å²) in [6, 6.07) is 0. The maximum absolute atomic E-state index is 12.3. The molecule has 3 N–H and O–H groups in total. The van der Waals surface area contributed by atoms with E-state index in [1.165, 1.54) is 4.90 Å². The number of rotatable bonds is 11. The molecule has 11 nitrogen and oxygen atoms in total. The summed E-state index contributed by atoms with van der Waals surface area (Å²) >= 11 is 0. The van der Waals surface area contributed by atoms with Crippen molar-refractivity contribution in [1.82, 2.24) is 15.5 Å². The van der Waals surface area contributed by atoms with Crippen LogP contribution in [-0.2, 0) is 18.9 Å². The van der Waals surface area contributed by atoms with Gasteiger partial charge in [-0.15, -0.1) is 0 Å². The van der Waals surface area contributed by atoms with Crippen LogP contribution in [0.2, 0.25) is 0 Å². The molecule has 176 valence electrons. The van der Waals surface area contributed by atoms with Gasteiger partial charge in [-0.2, -0.15) is 0 Å². The maximum atomic E-state index is 12.3. The molecule has 0 bridgehead atoms. The summed E-state index contributed by atoms with van der Waals surface area (Å²) in [5, 5.41) is 13.8. The van der Waals surface area contributed by atoms with Gasteiger partial charge in [0.25, 0.3) is 0 Å². The van der Waals surface area contributed by atoms with E-state index in [0.29, 0.717) is 0 Å². The molecule has 0 saturated carbocycles. The van der Waals surface area contributed by atoms with Gasteiger partial charge in [0.05, 0.1) is 19.8 Å². The van der Waals surface area contributed by atoms with Crippen molar-refractivity contribution < 1.29 is 38.4 Å². The van der Waals surface area contributed by atoms with Crippen molar-refractivity contribution in [1.29, 1.82) is 0 Å². The monoisotopic (exact) mass is 435 g/mol. The number of hydrogen-bond acceptors (Lipinski definition) is 8. The van der Waals surface area contributed by atoms with Crippen LogP contribution in [0.15, 0.2) is 0 Å². The molecule has 0 rings (SSSR count). The first-order chi connectivity index (χ1) is 13.8. The third-order valence-corrected chi connectivity index (χ3v) is 3.05. The number of carbonyl (C=O) groups excluding carboxylic acids is 3. The summed E-state index contributed by atoms with van der Waals surface area (Å²) in [4.78, 5) is 37.1. The van der Waals surface area contributed by atoms with Crippen LogP contribution in [0.25, 0.3) is 0 Å². The van der Waals surface area contributed by atoms with Crippen LogP contribution >= 0.6 is 0 Å². The van der Waals surface area contributed by atoms with Crippen molar-refractivity contribution in [2.75, 3.05) is 52.6 Å². The number of alkyl carbamates (subject to hydrolysis) is 2. The molecule has 0 aliphatic carbocycles. The van der Waals surface area contributed by atoms with Crippen LogP contribution in [0.1, 0.15) is 41.5 Å². The Hall–Kier alpha value is -2.27. The Morgan fingerprint density at radius 1 is 0.800 bits per heavy atom. The average molecular weight is 436 g/mol. The van der Waals surface area contributed by atoms with E-state index in [9.17, 15) is 14.4 Å². The van der Waals surface area contributed by atoms with Crippen LogP contribution in [0, 0.1) is 0 Å². The second kappa shape index (κ2) is 13.9. The van der Waals surface area contributed by atoms with Crippen molar-refractivity contribution in [2.24, 2.45) is 0 Å². The van der Waals surface area contributed by atoms with Gasteiger partial charge in [-0.3, -0.25) is 0 Å². The molecule has 0 saturated heterocycles. The topological polar surface area (TPSA) is 136 Å². The van der Waals surface area contributed by atoms with Crippen LogP contribution < -0.4 is 10.6 Å². The van der Waals surface area contributed by atoms with E-state index in [0.717, 1.165) is 0 Å². The van der Waals surface area contributed by atoms with Crippen LogP contribution in [-0.4, -0.2) is 92.1 Å². The van der Waals surface area contributed by atoms with Crippen molar-refractivity contribution in [2.45, 2.75) is 52.7 Å². The molecule has 0 spiro atoms. The number of carbonyl (C=O) groups is 3. The first-order valence-electron chi connectivity index (χ1n) is 9.88. The van der Waals surface area contributed by atoms with Gasteiger partial charge in [0.1, 0.15) is 17.8 Å². The molecule has 0 aromatic heterocycles. The normalized spacial score (nSPS) is 11.4. The zero-order chi connectivity index (χ0) is 23.2. The van der Waals surface area contributed by atoms with E-state index in [2.05, 4.69) is 10.6 Å². The fraction of sp³-hybridized carbons (Fsp3) is 0.842. The van der Waals surface area contributed by atoms with E-state index < -0.39 is 29.5 Å². The summed E-state index contributed by atoms with van der Waals surface area (Å²) in [6.45, 7) is 11.2. The third-order valence-electron chi connectivity index (χ3n) is 3.05. The number of aliphatic hydroxyl groups excluding tert-OH is 1. The summed E-state index contributed by atoms with van der Waals surface area (Å²) in [7, 11) is 0. The van der Waals surface area contributed by atoms with E-state index in [4.69, 9.17) is 24.1 Å². The largest absolute Gasteiger partial charge is 0.447 e. The SMILES string of the molecule is CC(C)(C)OC(=O)NCCN(CCNC(=O)OC(C)(C)C)C(=O)OCCOCCO. The average Bonchev–Trinajstić information content (AvgIpc) is 2.56. The molecule has 3 amide bonds. The summed E-state index contributed by atoms with van der Waals surface area (Å²) in [5.41, 5.74) is -1.26. The summed E-state index contributed by atoms with van der Waals surface area (Å²) in [5.74, 6) is 0. The number of aliphatic hydroxyl groups is 1. The lowest BCUT2D eigenvalue weighted by Crippen LogP contribution is -2.44. The number of hydrogen-bond donors (Lipinski definition) is 3. The lowest BCUT2D eigenvalue weighted by molar-refractivity contribution is 0.0393. The first kappa shape index (κ1) is 27.7. The Morgan fingerprint density at radius 2 is 1.27 bits per heavy atom. The second-order valence-electron chi connectivity index (χ2n) is 8.29. The van der Waals surface area contributed by atoms with Crippen molar-refractivity contribution >= 4 is 18.3 Å². The van der Waals surface area contributed by atoms with Crippen molar-refractivity contribution in [3.8, 4) is 0 Å². The van der Waals surface area contributed by atoms with Gasteiger partial charge < -0.3 is 39.6 Å². The Balaban J connectivity index is 4.54. The van der Waals surface area contributed by atoms with E-state index in [1.807, 2.05) is 0 Å². The number of ether oxygens (including phenoxy) is 4. The molecule has 0 radical (unpaired) electrons. The molecule has 0 heterocycles. The number of nitrogens with one attached hydrogen (secondary N) is 2. The van der Waals surface area contributed by atoms with Crippen molar-refractivity contribution in [3.63, 3.8) is 0 Å². The lowest BCUT2D eigenvalue weighted by Gasteiger charge is -2.24. The quantitative estimate of drug-likeness (QED) is 0.328. The minimum atomic E-state index is -0.630. The minimum absolute atomic E-state index is 0.00826. The van der Waals surface area contributed by atoms with Gasteiger partial charge in [0.2, 0.25) is 0 Å². The fourth-order valence-electron chi connectivity index (χ4n) is 1.95. The molecule has 11 heteroatoms. The first-order valence-corrected chi connectivity index (χ1v) is 9.88. The minimum Gasteiger partial charge on any atom is -0.447 e. The van der Waals surface area contributed by atoms with Crippen LogP contribution in [0.3, 0.4) is 0 Å². The van der Waals surface area contributed by atoms with Crippen LogP contribution in [0.4, 0.5) is 14.4 Å². The Bertz CT molecular complexity index is 495. The predicted molar refractivity (Wildman–Crippen MR) is 109 cm³/mol. The highest BCUT2D eigenvalue weighted by Gasteiger charge is 2.19. The highest BCUT2D eigenvalue weighted by atomic mass is 16.6. The molecule has 0 atom stereocenters. The highest BCUT2D eigenvalue weighted by Crippen LogP contribution is 2.07. The summed E-state index contributed by atoms with van der Waals surface area (Å²) < 4.78 is 20.4. The smallest absolute Gasteiger partial charge is 0.409 e. The third kappa shape index (κ3) is 16.7. The molecular formula is C19H37N3O8. The Morgan fingerprint density at radius 3 is 1.67 bits per heavy atom. The Kier molecular flexibility index (Phi) is 12.8. The van der Waals surface area contributed by atoms with E-state index >= 15 is 0 Å². The van der Waals surface area contributed by atoms with E-state index in [-0.39, 0.29) is 52.6 Å². The van der Waals surface area contributed by atoms with E-state index in [1.54, 1.807) is 41.5 Å². The molecule has 0 aromatic rings. The van der Waals surface area contributed by atoms with Gasteiger partial charge in [-0.1, -0.05) is 0 Å². The zero-order valence-electron chi connectivity index (χ0n) is 18.9. The Labute approximate surface area is 178 Å². The fourth-order valence-corrected chi connectivity index (χ4v) is 1.95. The predicted octanol–water partition coefficient (Wildman–Crippen LogP) is 1.48. The molecular weight excluding hydrogens is 398 g/mol. The zero-order valence-corrected chi connectivity index (χ0v) is 18.9. The molecule has 0 aromatic carbocycles. The molecule has 0 unspecified atom stereocenters. The second-order valence-corrected chi connectivity index (χ2v) is 8.29. The molecule has 30 heavy (non-hydrogen) atoms. The van der Waals surface area contributed by atoms with Gasteiger partial charge in [0, 0.05) is 26.2 Å². The molecule has 0 fully saturated rings. The van der Waals surface area contributed by atoms with Gasteiger partial charge in [0.15, 0.2) is 0 Å². The highest BCUT2D eigenvalue weighted by molar-refractivity contribution is 5.69. The van der Waals surface area contributed by atoms with Gasteiger partial charge in [-0.05, 0) is 41.5 Å². The number of nitrogens with zero attached hydrogens (tertiary/aromatic N) is 1. The van der Waals surface area contributed by atoms with Gasteiger partial charge >= 0.3 is 18.3 Å². The standard InChI is InChI=1S/C19H37N3O8/c1-18(2,3)29-15(24)20-7-9-22(17(26)28-14-13-27-12-11-23)10-8-21-16(25)30-19(4,5)6/h23H,7-14H2,1-6H3,(H,20,24)(H,21,25). The van der Waals surface area contributed by atoms with Crippen LogP contribution in [0.5, 0.6) is 0 Å². The molecule has 0 aliphatic heterocycles. The maximum Gasteiger partial charge on any atom is 0.409 e. The molecule has 0 aliphatic rings. The lowest BCUT2D eigenvalue weighted by atomic mass is 10.2. The number of amides is 3. The van der Waals surface area contributed by atoms with Gasteiger partial charge in [-0.25, -0.2) is 14.4 Å². The summed E-state index contributed by atoms with van der Waals surface area (Å²) in [6.07, 6.45) is -1.82.